The molecule has 21 heavy (non-hydrogen) atoms. The molecule has 0 aliphatic carbocycles. The molecule has 2 nitrogen and oxygen atoms in total. The van der Waals surface area contributed by atoms with Crippen LogP contribution in [0.4, 0.5) is 22.0 Å². The highest BCUT2D eigenvalue weighted by atomic mass is 19.4. The summed E-state index contributed by atoms with van der Waals surface area (Å²) < 4.78 is 66.6. The van der Waals surface area contributed by atoms with E-state index >= 15 is 0 Å². The Bertz CT molecular complexity index is 664. The summed E-state index contributed by atoms with van der Waals surface area (Å²) in [7, 11) is 0. The van der Waals surface area contributed by atoms with Crippen molar-refractivity contribution in [1.29, 1.82) is 0 Å². The monoisotopic (exact) mass is 304 g/mol. The lowest BCUT2D eigenvalue weighted by Crippen LogP contribution is -2.41. The molecule has 0 fully saturated rings. The van der Waals surface area contributed by atoms with Crippen LogP contribution in [-0.4, -0.2) is 25.0 Å². The molecule has 0 atom stereocenters. The quantitative estimate of drug-likeness (QED) is 0.624. The minimum Gasteiger partial charge on any atom is -0.486 e. The van der Waals surface area contributed by atoms with Crippen molar-refractivity contribution in [2.75, 3.05) is 6.61 Å². The van der Waals surface area contributed by atoms with Crippen LogP contribution in [0.15, 0.2) is 36.4 Å². The summed E-state index contributed by atoms with van der Waals surface area (Å²) >= 11 is 0. The molecule has 2 aromatic carbocycles. The van der Waals surface area contributed by atoms with E-state index in [4.69, 9.17) is 0 Å². The molecule has 0 unspecified atom stereocenters. The van der Waals surface area contributed by atoms with E-state index < -0.39 is 18.7 Å². The van der Waals surface area contributed by atoms with E-state index in [0.717, 1.165) is 0 Å². The number of halogens is 5. The lowest BCUT2D eigenvalue weighted by atomic mass is 10.0. The van der Waals surface area contributed by atoms with Crippen LogP contribution in [0.2, 0.25) is 0 Å². The molecule has 0 N–H and O–H groups in total. The van der Waals surface area contributed by atoms with Gasteiger partial charge in [-0.1, -0.05) is 24.3 Å². The van der Waals surface area contributed by atoms with Gasteiger partial charge in [-0.15, -0.1) is 0 Å². The first-order valence-corrected chi connectivity index (χ1v) is 5.80. The first-order valence-electron chi connectivity index (χ1n) is 5.80. The van der Waals surface area contributed by atoms with E-state index in [9.17, 15) is 26.7 Å². The maximum Gasteiger partial charge on any atom is 0.456 e. The number of carbonyl (C=O) groups is 1. The van der Waals surface area contributed by atoms with Crippen LogP contribution in [0.3, 0.4) is 0 Å². The van der Waals surface area contributed by atoms with Gasteiger partial charge in [-0.05, 0) is 17.5 Å². The zero-order chi connectivity index (χ0) is 15.7. The second-order valence-electron chi connectivity index (χ2n) is 4.31. The van der Waals surface area contributed by atoms with Crippen molar-refractivity contribution < 1.29 is 31.5 Å². The maximum absolute atomic E-state index is 12.9. The van der Waals surface area contributed by atoms with Crippen LogP contribution in [0.1, 0.15) is 10.4 Å². The van der Waals surface area contributed by atoms with Gasteiger partial charge >= 0.3 is 12.1 Å². The van der Waals surface area contributed by atoms with Crippen LogP contribution in [0, 0.1) is 0 Å². The summed E-state index contributed by atoms with van der Waals surface area (Å²) in [5.74, 6) is -5.09. The Morgan fingerprint density at radius 1 is 0.952 bits per heavy atom. The molecule has 0 aliphatic heterocycles. The molecule has 0 radical (unpaired) electrons. The fraction of sp³-hybridized carbons (Fsp3) is 0.214. The normalized spacial score (nSPS) is 12.4. The summed E-state index contributed by atoms with van der Waals surface area (Å²) in [5.41, 5.74) is 0.292. The molecule has 2 aromatic rings. The lowest BCUT2D eigenvalue weighted by Gasteiger charge is -2.20. The highest BCUT2D eigenvalue weighted by molar-refractivity contribution is 6.00. The van der Waals surface area contributed by atoms with Gasteiger partial charge in [0.2, 0.25) is 0 Å². The molecule has 0 spiro atoms. The fourth-order valence-electron chi connectivity index (χ4n) is 1.77. The van der Waals surface area contributed by atoms with Crippen molar-refractivity contribution >= 4 is 17.1 Å². The van der Waals surface area contributed by atoms with Gasteiger partial charge in [-0.3, -0.25) is 4.79 Å². The smallest absolute Gasteiger partial charge is 0.456 e. The summed E-state index contributed by atoms with van der Waals surface area (Å²) in [5, 5.41) is 0.709. The van der Waals surface area contributed by atoms with Crippen molar-refractivity contribution in [2.45, 2.75) is 12.1 Å². The van der Waals surface area contributed by atoms with Gasteiger partial charge in [0.25, 0.3) is 0 Å². The second-order valence-corrected chi connectivity index (χ2v) is 4.31. The predicted octanol–water partition coefficient (Wildman–Crippen LogP) is 4.23. The Kier molecular flexibility index (Phi) is 3.85. The number of fused-ring (bicyclic) bond motifs is 1. The Morgan fingerprint density at radius 3 is 2.14 bits per heavy atom. The first kappa shape index (κ1) is 15.2. The fourth-order valence-corrected chi connectivity index (χ4v) is 1.77. The van der Waals surface area contributed by atoms with Gasteiger partial charge in [0, 0.05) is 10.9 Å². The molecular formula is C14H9F5O2. The SMILES string of the molecule is O=Cc1ccc(OCC(F)(F)C(F)(F)F)c2ccccc12. The van der Waals surface area contributed by atoms with Crippen LogP contribution >= 0.6 is 0 Å². The average Bonchev–Trinajstić information content (AvgIpc) is 2.43. The van der Waals surface area contributed by atoms with E-state index in [1.165, 1.54) is 18.2 Å². The Hall–Kier alpha value is -2.18. The minimum absolute atomic E-state index is 0.139. The van der Waals surface area contributed by atoms with Crippen molar-refractivity contribution in [2.24, 2.45) is 0 Å². The van der Waals surface area contributed by atoms with E-state index in [0.29, 0.717) is 22.6 Å². The number of hydrogen-bond acceptors (Lipinski definition) is 2. The number of benzene rings is 2. The van der Waals surface area contributed by atoms with Crippen molar-refractivity contribution in [3.8, 4) is 5.75 Å². The molecular weight excluding hydrogens is 295 g/mol. The van der Waals surface area contributed by atoms with Gasteiger partial charge in [0.05, 0.1) is 0 Å². The number of hydrogen-bond donors (Lipinski definition) is 0. The molecule has 0 bridgehead atoms. The van der Waals surface area contributed by atoms with Crippen molar-refractivity contribution in [3.05, 3.63) is 42.0 Å². The topological polar surface area (TPSA) is 26.3 Å². The molecule has 0 aromatic heterocycles. The third-order valence-corrected chi connectivity index (χ3v) is 2.87. The number of aldehydes is 1. The van der Waals surface area contributed by atoms with Crippen LogP contribution in [0.25, 0.3) is 10.8 Å². The highest BCUT2D eigenvalue weighted by Gasteiger charge is 2.58. The van der Waals surface area contributed by atoms with Gasteiger partial charge in [0.15, 0.2) is 12.9 Å². The molecule has 0 saturated carbocycles. The van der Waals surface area contributed by atoms with E-state index in [-0.39, 0.29) is 5.75 Å². The van der Waals surface area contributed by atoms with Gasteiger partial charge in [-0.25, -0.2) is 0 Å². The van der Waals surface area contributed by atoms with E-state index in [1.54, 1.807) is 18.2 Å². The Labute approximate surface area is 116 Å². The number of rotatable bonds is 4. The van der Waals surface area contributed by atoms with Crippen molar-refractivity contribution in [1.82, 2.24) is 0 Å². The largest absolute Gasteiger partial charge is 0.486 e. The molecule has 0 heterocycles. The minimum atomic E-state index is -5.68. The summed E-state index contributed by atoms with van der Waals surface area (Å²) in [6.45, 7) is -1.82. The first-order chi connectivity index (χ1) is 9.76. The highest BCUT2D eigenvalue weighted by Crippen LogP contribution is 2.36. The van der Waals surface area contributed by atoms with Crippen molar-refractivity contribution in [3.63, 3.8) is 0 Å². The molecule has 0 saturated heterocycles. The lowest BCUT2D eigenvalue weighted by molar-refractivity contribution is -0.289. The van der Waals surface area contributed by atoms with E-state index in [2.05, 4.69) is 4.74 Å². The Balaban J connectivity index is 2.34. The molecule has 2 rings (SSSR count). The van der Waals surface area contributed by atoms with Gasteiger partial charge in [-0.2, -0.15) is 22.0 Å². The average molecular weight is 304 g/mol. The van der Waals surface area contributed by atoms with Crippen LogP contribution in [0.5, 0.6) is 5.75 Å². The zero-order valence-corrected chi connectivity index (χ0v) is 10.5. The summed E-state index contributed by atoms with van der Waals surface area (Å²) in [4.78, 5) is 10.9. The van der Waals surface area contributed by atoms with E-state index in [1.807, 2.05) is 0 Å². The third kappa shape index (κ3) is 2.96. The number of carbonyl (C=O) groups excluding carboxylic acids is 1. The van der Waals surface area contributed by atoms with Crippen LogP contribution in [-0.2, 0) is 0 Å². The predicted molar refractivity (Wildman–Crippen MR) is 65.8 cm³/mol. The number of alkyl halides is 5. The third-order valence-electron chi connectivity index (χ3n) is 2.87. The molecule has 7 heteroatoms. The number of ether oxygens (including phenoxy) is 1. The van der Waals surface area contributed by atoms with Gasteiger partial charge in [0.1, 0.15) is 5.75 Å². The molecule has 0 amide bonds. The van der Waals surface area contributed by atoms with Crippen LogP contribution < -0.4 is 4.74 Å². The summed E-state index contributed by atoms with van der Waals surface area (Å²) in [6.07, 6.45) is -5.11. The molecule has 0 aliphatic rings. The summed E-state index contributed by atoms with van der Waals surface area (Å²) in [6, 6.07) is 8.70. The molecule has 112 valence electrons. The standard InChI is InChI=1S/C14H9F5O2/c15-13(16,14(17,18)19)8-21-12-6-5-9(7-20)10-3-1-2-4-11(10)12/h1-7H,8H2. The van der Waals surface area contributed by atoms with Gasteiger partial charge < -0.3 is 4.74 Å². The second kappa shape index (κ2) is 5.31. The zero-order valence-electron chi connectivity index (χ0n) is 10.5. The maximum atomic E-state index is 12.9. The Morgan fingerprint density at radius 2 is 1.57 bits per heavy atom.